The zero-order chi connectivity index (χ0) is 14.8. The van der Waals surface area contributed by atoms with Crippen LogP contribution in [0.1, 0.15) is 24.6 Å². The second-order valence-electron chi connectivity index (χ2n) is 5.11. The van der Waals surface area contributed by atoms with Gasteiger partial charge in [0.05, 0.1) is 47.7 Å². The monoisotopic (exact) mass is 322 g/mol. The molecular weight excluding hydrogens is 304 g/mol. The summed E-state index contributed by atoms with van der Waals surface area (Å²) >= 11 is 6.06. The first-order valence-electron chi connectivity index (χ1n) is 6.51. The van der Waals surface area contributed by atoms with E-state index in [-0.39, 0.29) is 17.4 Å². The molecule has 1 aromatic rings. The maximum absolute atomic E-state index is 11.4. The minimum absolute atomic E-state index is 0.0168. The molecule has 1 saturated heterocycles. The summed E-state index contributed by atoms with van der Waals surface area (Å²) in [6, 6.07) is 0. The van der Waals surface area contributed by atoms with Crippen molar-refractivity contribution in [1.29, 1.82) is 0 Å². The van der Waals surface area contributed by atoms with E-state index in [9.17, 15) is 13.5 Å². The molecule has 0 aliphatic carbocycles. The van der Waals surface area contributed by atoms with Gasteiger partial charge in [-0.3, -0.25) is 4.68 Å². The Morgan fingerprint density at radius 1 is 1.65 bits per heavy atom. The number of rotatable bonds is 6. The van der Waals surface area contributed by atoms with Gasteiger partial charge in [0.15, 0.2) is 9.84 Å². The van der Waals surface area contributed by atoms with Crippen LogP contribution in [0.2, 0.25) is 5.02 Å². The average Bonchev–Trinajstić information content (AvgIpc) is 2.89. The Balaban J connectivity index is 2.05. The first-order chi connectivity index (χ1) is 9.43. The Kier molecular flexibility index (Phi) is 5.06. The second-order valence-corrected chi connectivity index (χ2v) is 7.75. The van der Waals surface area contributed by atoms with Gasteiger partial charge in [-0.2, -0.15) is 5.10 Å². The Morgan fingerprint density at radius 3 is 3.00 bits per heavy atom. The minimum Gasteiger partial charge on any atom is -0.387 e. The summed E-state index contributed by atoms with van der Waals surface area (Å²) in [5.41, 5.74) is 0.535. The smallest absolute Gasteiger partial charge is 0.150 e. The van der Waals surface area contributed by atoms with E-state index in [1.807, 2.05) is 0 Å². The lowest BCUT2D eigenvalue weighted by Gasteiger charge is -2.17. The van der Waals surface area contributed by atoms with Crippen molar-refractivity contribution in [3.8, 4) is 0 Å². The van der Waals surface area contributed by atoms with Crippen LogP contribution in [-0.4, -0.2) is 48.5 Å². The highest BCUT2D eigenvalue weighted by Gasteiger charge is 2.31. The van der Waals surface area contributed by atoms with E-state index >= 15 is 0 Å². The van der Waals surface area contributed by atoms with Crippen molar-refractivity contribution in [3.05, 3.63) is 16.9 Å². The number of halogens is 1. The van der Waals surface area contributed by atoms with Gasteiger partial charge in [-0.1, -0.05) is 11.6 Å². The van der Waals surface area contributed by atoms with Gasteiger partial charge in [0, 0.05) is 7.11 Å². The largest absolute Gasteiger partial charge is 0.387 e. The Morgan fingerprint density at radius 2 is 2.40 bits per heavy atom. The highest BCUT2D eigenvalue weighted by molar-refractivity contribution is 7.91. The third-order valence-electron chi connectivity index (χ3n) is 3.54. The summed E-state index contributed by atoms with van der Waals surface area (Å²) in [6.07, 6.45) is 1.67. The van der Waals surface area contributed by atoms with Crippen LogP contribution >= 0.6 is 11.6 Å². The van der Waals surface area contributed by atoms with Gasteiger partial charge in [0.1, 0.15) is 0 Å². The van der Waals surface area contributed by atoms with E-state index in [0.717, 1.165) is 0 Å². The Labute approximate surface area is 123 Å². The van der Waals surface area contributed by atoms with Gasteiger partial charge in [-0.15, -0.1) is 0 Å². The molecule has 1 N–H and O–H groups in total. The molecule has 2 rings (SSSR count). The molecule has 2 unspecified atom stereocenters. The van der Waals surface area contributed by atoms with Crippen molar-refractivity contribution in [2.75, 3.05) is 25.2 Å². The van der Waals surface area contributed by atoms with E-state index in [1.54, 1.807) is 11.8 Å². The predicted molar refractivity (Wildman–Crippen MR) is 75.5 cm³/mol. The summed E-state index contributed by atoms with van der Waals surface area (Å²) in [4.78, 5) is 0. The Bertz CT molecular complexity index is 558. The maximum atomic E-state index is 11.4. The number of methoxy groups -OCH3 is 1. The van der Waals surface area contributed by atoms with Crippen molar-refractivity contribution in [2.24, 2.45) is 5.92 Å². The van der Waals surface area contributed by atoms with Crippen LogP contribution < -0.4 is 0 Å². The molecule has 2 heterocycles. The van der Waals surface area contributed by atoms with Gasteiger partial charge in [0.25, 0.3) is 0 Å². The van der Waals surface area contributed by atoms with E-state index in [1.165, 1.54) is 6.20 Å². The van der Waals surface area contributed by atoms with Crippen LogP contribution in [0.4, 0.5) is 0 Å². The fourth-order valence-corrected chi connectivity index (χ4v) is 4.69. The summed E-state index contributed by atoms with van der Waals surface area (Å²) in [6.45, 7) is 0.966. The quantitative estimate of drug-likeness (QED) is 0.846. The van der Waals surface area contributed by atoms with Crippen LogP contribution in [0, 0.1) is 5.92 Å². The van der Waals surface area contributed by atoms with Crippen molar-refractivity contribution in [2.45, 2.75) is 25.5 Å². The summed E-state index contributed by atoms with van der Waals surface area (Å²) in [7, 11) is -1.34. The van der Waals surface area contributed by atoms with Crippen LogP contribution in [0.25, 0.3) is 0 Å². The van der Waals surface area contributed by atoms with E-state index in [0.29, 0.717) is 36.7 Å². The molecule has 0 spiro atoms. The van der Waals surface area contributed by atoms with E-state index < -0.39 is 15.9 Å². The lowest BCUT2D eigenvalue weighted by Crippen LogP contribution is -2.16. The summed E-state index contributed by atoms with van der Waals surface area (Å²) in [5, 5.41) is 14.8. The zero-order valence-corrected chi connectivity index (χ0v) is 12.9. The number of hydrogen-bond donors (Lipinski definition) is 1. The van der Waals surface area contributed by atoms with Crippen molar-refractivity contribution in [1.82, 2.24) is 9.78 Å². The number of hydrogen-bond acceptors (Lipinski definition) is 5. The summed E-state index contributed by atoms with van der Waals surface area (Å²) < 4.78 is 29.5. The standard InChI is InChI=1S/C12H19ClN2O4S/c1-19-4-3-15-12(10(13)7-14-15)11(16)6-9-2-5-20(17,18)8-9/h7,9,11,16H,2-6,8H2,1H3. The minimum atomic E-state index is -2.93. The molecule has 0 saturated carbocycles. The van der Waals surface area contributed by atoms with Crippen molar-refractivity contribution < 1.29 is 18.3 Å². The lowest BCUT2D eigenvalue weighted by molar-refractivity contribution is 0.132. The van der Waals surface area contributed by atoms with Crippen LogP contribution in [0.15, 0.2) is 6.20 Å². The molecule has 1 aliphatic rings. The maximum Gasteiger partial charge on any atom is 0.150 e. The molecular formula is C12H19ClN2O4S. The van der Waals surface area contributed by atoms with Gasteiger partial charge in [-0.05, 0) is 18.8 Å². The summed E-state index contributed by atoms with van der Waals surface area (Å²) in [5.74, 6) is 0.339. The number of sulfone groups is 1. The first-order valence-corrected chi connectivity index (χ1v) is 8.71. The molecule has 20 heavy (non-hydrogen) atoms. The first kappa shape index (κ1) is 15.8. The zero-order valence-electron chi connectivity index (χ0n) is 11.3. The van der Waals surface area contributed by atoms with Crippen molar-refractivity contribution >= 4 is 21.4 Å². The molecule has 0 aromatic carbocycles. The molecule has 1 fully saturated rings. The third kappa shape index (κ3) is 3.72. The fourth-order valence-electron chi connectivity index (χ4n) is 2.54. The van der Waals surface area contributed by atoms with E-state index in [4.69, 9.17) is 16.3 Å². The molecule has 1 aromatic heterocycles. The molecule has 0 radical (unpaired) electrons. The fraction of sp³-hybridized carbons (Fsp3) is 0.750. The highest BCUT2D eigenvalue weighted by atomic mass is 35.5. The van der Waals surface area contributed by atoms with Gasteiger partial charge in [-0.25, -0.2) is 8.42 Å². The van der Waals surface area contributed by atoms with Gasteiger partial charge < -0.3 is 9.84 Å². The number of aromatic nitrogens is 2. The molecule has 8 heteroatoms. The van der Waals surface area contributed by atoms with Crippen LogP contribution in [0.3, 0.4) is 0 Å². The van der Waals surface area contributed by atoms with Gasteiger partial charge in [0.2, 0.25) is 0 Å². The normalized spacial score (nSPS) is 23.1. The topological polar surface area (TPSA) is 81.4 Å². The molecule has 1 aliphatic heterocycles. The molecule has 0 amide bonds. The molecule has 114 valence electrons. The molecule has 0 bridgehead atoms. The third-order valence-corrected chi connectivity index (χ3v) is 5.67. The SMILES string of the molecule is COCCn1ncc(Cl)c1C(O)CC1CCS(=O)(=O)C1. The van der Waals surface area contributed by atoms with Crippen LogP contribution in [0.5, 0.6) is 0 Å². The number of ether oxygens (including phenoxy) is 1. The van der Waals surface area contributed by atoms with Gasteiger partial charge >= 0.3 is 0 Å². The average molecular weight is 323 g/mol. The number of nitrogens with zero attached hydrogens (tertiary/aromatic N) is 2. The van der Waals surface area contributed by atoms with E-state index in [2.05, 4.69) is 5.10 Å². The second kappa shape index (κ2) is 6.43. The highest BCUT2D eigenvalue weighted by Crippen LogP contribution is 2.32. The molecule has 6 nitrogen and oxygen atoms in total. The molecule has 2 atom stereocenters. The Hall–Kier alpha value is -0.630. The van der Waals surface area contributed by atoms with Crippen molar-refractivity contribution in [3.63, 3.8) is 0 Å². The number of aliphatic hydroxyl groups is 1. The predicted octanol–water partition coefficient (Wildman–Crippen LogP) is 1.04. The lowest BCUT2D eigenvalue weighted by atomic mass is 9.99. The van der Waals surface area contributed by atoms with Crippen LogP contribution in [-0.2, 0) is 21.1 Å². The number of aliphatic hydroxyl groups excluding tert-OH is 1.